The Bertz CT molecular complexity index is 4320. The zero-order chi connectivity index (χ0) is 82.1. The molecule has 33 heteroatoms. The minimum absolute atomic E-state index is 0.0289. The monoisotopic (exact) mass is 1570 g/mol. The lowest BCUT2D eigenvalue weighted by Crippen LogP contribution is -2.53. The van der Waals surface area contributed by atoms with E-state index in [1.165, 1.54) is 50.5 Å². The molecular formula is C78H91Cl2N11O20. The Morgan fingerprint density at radius 3 is 1.26 bits per heavy atom. The molecule has 0 radical (unpaired) electrons. The first kappa shape index (κ1) is 88.4. The van der Waals surface area contributed by atoms with Crippen LogP contribution in [0, 0.1) is 13.8 Å². The predicted octanol–water partition coefficient (Wildman–Crippen LogP) is 6.42. The number of nitrogens with zero attached hydrogens (tertiary/aromatic N) is 6. The maximum atomic E-state index is 13.4. The van der Waals surface area contributed by atoms with Gasteiger partial charge in [-0.05, 0) is 126 Å². The van der Waals surface area contributed by atoms with E-state index in [1.807, 2.05) is 30.3 Å². The summed E-state index contributed by atoms with van der Waals surface area (Å²) in [4.78, 5) is 177. The molecule has 6 aromatic rings. The summed E-state index contributed by atoms with van der Waals surface area (Å²) in [6.45, 7) is 11.2. The molecule has 0 spiro atoms. The van der Waals surface area contributed by atoms with Crippen molar-refractivity contribution in [1.82, 2.24) is 26.6 Å². The topological polar surface area (TPSA) is 418 Å². The van der Waals surface area contributed by atoms with Crippen LogP contribution in [0.25, 0.3) is 0 Å². The SMILES string of the molecule is CC(=O)c1cc(C)c(O)c(C)c1.CC(=O)c1cc(Cl)c(O)c(Cl)c1.CCC(=O)N1C[C@H](NC)C(=O)N(CC(=O)N[C@H](C=O)CC(=O)O)c2ccccc21.CCC(=O)N1C[C@H](NC)C(=O)N(CC(=O)N[C@H]2CC(=O)O[C@H]2OCc2ccccc2)c2ccccc21.CCC(=O)N1C[C@H](NC)C(=O)N(CC(=O)O)c2ccccc21. The smallest absolute Gasteiger partial charge is 0.323 e. The lowest BCUT2D eigenvalue weighted by Gasteiger charge is -2.26. The molecule has 9 N–H and O–H groups in total. The number of phenols is 2. The highest BCUT2D eigenvalue weighted by atomic mass is 35.5. The van der Waals surface area contributed by atoms with Crippen LogP contribution in [0.4, 0.5) is 34.1 Å². The van der Waals surface area contributed by atoms with Crippen molar-refractivity contribution in [3.05, 3.63) is 165 Å². The van der Waals surface area contributed by atoms with Crippen molar-refractivity contribution < 1.29 is 97.0 Å². The number of aliphatic carboxylic acids is 2. The van der Waals surface area contributed by atoms with Gasteiger partial charge >= 0.3 is 17.9 Å². The van der Waals surface area contributed by atoms with E-state index in [4.69, 9.17) is 48.0 Å². The maximum absolute atomic E-state index is 13.4. The Morgan fingerprint density at radius 1 is 0.532 bits per heavy atom. The van der Waals surface area contributed by atoms with Crippen LogP contribution in [0.2, 0.25) is 10.0 Å². The van der Waals surface area contributed by atoms with E-state index in [1.54, 1.807) is 146 Å². The van der Waals surface area contributed by atoms with Crippen molar-refractivity contribution in [1.29, 1.82) is 0 Å². The average molecular weight is 1570 g/mol. The van der Waals surface area contributed by atoms with E-state index in [9.17, 15) is 72.2 Å². The highest BCUT2D eigenvalue weighted by Crippen LogP contribution is 2.37. The molecule has 1 fully saturated rings. The number of phenolic OH excluding ortho intramolecular Hbond substituents is 2. The Kier molecular flexibility index (Phi) is 33.4. The highest BCUT2D eigenvalue weighted by Gasteiger charge is 2.41. The summed E-state index contributed by atoms with van der Waals surface area (Å²) in [7, 11) is 4.84. The number of cyclic esters (lactones) is 1. The first-order valence-electron chi connectivity index (χ1n) is 35.2. The van der Waals surface area contributed by atoms with Crippen LogP contribution in [0.5, 0.6) is 11.5 Å². The van der Waals surface area contributed by atoms with Gasteiger partial charge in [-0.2, -0.15) is 0 Å². The number of amides is 8. The fourth-order valence-corrected chi connectivity index (χ4v) is 12.4. The summed E-state index contributed by atoms with van der Waals surface area (Å²) >= 11 is 11.2. The average Bonchev–Trinajstić information content (AvgIpc) is 1.67. The molecule has 111 heavy (non-hydrogen) atoms. The Morgan fingerprint density at radius 2 is 0.901 bits per heavy atom. The maximum Gasteiger partial charge on any atom is 0.323 e. The number of ether oxygens (including phenoxy) is 2. The largest absolute Gasteiger partial charge is 0.507 e. The number of carbonyl (C=O) groups is 14. The van der Waals surface area contributed by atoms with E-state index >= 15 is 0 Å². The van der Waals surface area contributed by atoms with Crippen LogP contribution in [0.3, 0.4) is 0 Å². The van der Waals surface area contributed by atoms with Gasteiger partial charge in [0.1, 0.15) is 55.8 Å². The van der Waals surface area contributed by atoms with Gasteiger partial charge in [-0.1, -0.05) is 111 Å². The summed E-state index contributed by atoms with van der Waals surface area (Å²) in [6, 6.07) is 32.2. The number of aldehydes is 1. The van der Waals surface area contributed by atoms with Crippen LogP contribution in [-0.2, 0) is 73.6 Å². The van der Waals surface area contributed by atoms with Crippen molar-refractivity contribution >= 4 is 140 Å². The van der Waals surface area contributed by atoms with Gasteiger partial charge in [-0.15, -0.1) is 0 Å². The summed E-state index contributed by atoms with van der Waals surface area (Å²) in [6.07, 6.45) is -0.364. The third-order valence-corrected chi connectivity index (χ3v) is 18.3. The fraction of sp³-hybridized carbons (Fsp3) is 0.359. The van der Waals surface area contributed by atoms with Crippen LogP contribution in [0.1, 0.15) is 104 Å². The molecule has 1 saturated heterocycles. The summed E-state index contributed by atoms with van der Waals surface area (Å²) in [5.74, 6) is -5.50. The number of hydrogen-bond acceptors (Lipinski definition) is 21. The molecule has 31 nitrogen and oxygen atoms in total. The number of halogens is 2. The van der Waals surface area contributed by atoms with E-state index in [0.29, 0.717) is 58.0 Å². The van der Waals surface area contributed by atoms with Gasteiger partial charge in [0, 0.05) is 30.4 Å². The molecule has 10 rings (SSSR count). The van der Waals surface area contributed by atoms with Crippen LogP contribution >= 0.6 is 23.2 Å². The number of benzene rings is 6. The minimum atomic E-state index is -1.23. The number of carbonyl (C=O) groups excluding carboxylic acids is 12. The third-order valence-electron chi connectivity index (χ3n) is 17.7. The molecule has 6 atom stereocenters. The zero-order valence-electron chi connectivity index (χ0n) is 62.9. The second kappa shape index (κ2) is 41.9. The number of Topliss-reactive ketones (excluding diaryl/α,β-unsaturated/α-hetero) is 2. The minimum Gasteiger partial charge on any atom is -0.507 e. The number of aryl methyl sites for hydroxylation is 2. The zero-order valence-corrected chi connectivity index (χ0v) is 64.4. The predicted molar refractivity (Wildman–Crippen MR) is 414 cm³/mol. The van der Waals surface area contributed by atoms with Gasteiger partial charge in [-0.25, -0.2) is 0 Å². The molecule has 0 aliphatic carbocycles. The van der Waals surface area contributed by atoms with Crippen LogP contribution in [-0.4, -0.2) is 200 Å². The second-order valence-corrected chi connectivity index (χ2v) is 26.3. The molecule has 8 amide bonds. The Labute approximate surface area is 651 Å². The van der Waals surface area contributed by atoms with Gasteiger partial charge in [0.25, 0.3) is 0 Å². The number of ketones is 2. The third kappa shape index (κ3) is 23.8. The number of hydrogen-bond donors (Lipinski definition) is 9. The summed E-state index contributed by atoms with van der Waals surface area (Å²) in [5, 5.41) is 50.4. The second-order valence-electron chi connectivity index (χ2n) is 25.5. The number of esters is 1. The normalized spacial score (nSPS) is 17.2. The van der Waals surface area contributed by atoms with Gasteiger partial charge in [0.2, 0.25) is 53.5 Å². The lowest BCUT2D eigenvalue weighted by atomic mass is 10.0. The molecule has 0 saturated carbocycles. The van der Waals surface area contributed by atoms with Crippen LogP contribution < -0.4 is 56.0 Å². The first-order chi connectivity index (χ1) is 52.7. The quantitative estimate of drug-likeness (QED) is 0.0201. The number of nitrogens with one attached hydrogen (secondary N) is 5. The van der Waals surface area contributed by atoms with Gasteiger partial charge in [0.15, 0.2) is 17.3 Å². The number of carboxylic acids is 2. The number of carboxylic acid groups (broad SMARTS) is 2. The number of likely N-dealkylation sites (N-methyl/N-ethyl adjacent to an activating group) is 3. The molecule has 0 unspecified atom stereocenters. The number of anilines is 6. The number of rotatable bonds is 22. The van der Waals surface area contributed by atoms with E-state index in [-0.39, 0.29) is 115 Å². The van der Waals surface area contributed by atoms with Crippen LogP contribution in [0.15, 0.2) is 127 Å². The number of aromatic hydroxyl groups is 2. The van der Waals surface area contributed by atoms with Gasteiger partial charge < -0.3 is 76.0 Å². The standard InChI is InChI=1S/C26H30N4O6.C19H24N4O6.C15H19N3O4.C10H12O2.C8H6Cl2O2/c1-3-23(32)29-14-19(27-2)25(34)30(21-12-8-7-11-20(21)29)15-22(31)28-18-13-24(33)36-26(18)35-16-17-9-5-4-6-10-17;1-3-17(26)22-9-13(20-2)19(29)23(15-7-5-4-6-14(15)22)10-16(25)21-12(11-24)8-18(27)28;1-3-13(19)17-8-10(16-2)15(22)18(9-14(20)21)12-7-5-4-6-11(12)17;1-6-4-9(8(3)11)5-7(2)10(6)12;1-4(11)5-2-6(9)8(12)7(10)3-5/h4-12,18-19,26-27H,3,13-16H2,1-2H3,(H,28,31);4-7,11-13,20H,3,8-10H2,1-2H3,(H,21,25)(H,27,28);4-7,10,16H,3,8-9H2,1-2H3,(H,20,21);4-5,12H,1-3H3;2-3,12H,1H3/t18-,19-,26+;12-,13-;10-;;/m000../s1. The Hall–Kier alpha value is -11.5. The van der Waals surface area contributed by atoms with E-state index < -0.39 is 91.6 Å². The highest BCUT2D eigenvalue weighted by molar-refractivity contribution is 6.37. The van der Waals surface area contributed by atoms with E-state index in [0.717, 1.165) is 16.7 Å². The van der Waals surface area contributed by atoms with Crippen molar-refractivity contribution in [3.63, 3.8) is 0 Å². The molecule has 4 aliphatic rings. The molecule has 4 heterocycles. The molecular weight excluding hydrogens is 1480 g/mol. The molecule has 592 valence electrons. The van der Waals surface area contributed by atoms with Crippen molar-refractivity contribution in [2.24, 2.45) is 0 Å². The summed E-state index contributed by atoms with van der Waals surface area (Å²) in [5.41, 5.74) is 6.35. The first-order valence-corrected chi connectivity index (χ1v) is 36.0. The number of fused-ring (bicyclic) bond motifs is 3. The molecule has 0 bridgehead atoms. The fourth-order valence-electron chi connectivity index (χ4n) is 11.9. The van der Waals surface area contributed by atoms with Crippen molar-refractivity contribution in [2.45, 2.75) is 124 Å². The van der Waals surface area contributed by atoms with Gasteiger partial charge in [-0.3, -0.25) is 77.0 Å². The van der Waals surface area contributed by atoms with Crippen molar-refractivity contribution in [3.8, 4) is 11.5 Å². The van der Waals surface area contributed by atoms with Gasteiger partial charge in [0.05, 0.1) is 89.3 Å². The molecule has 6 aromatic carbocycles. The van der Waals surface area contributed by atoms with E-state index in [2.05, 4.69) is 26.6 Å². The van der Waals surface area contributed by atoms with Crippen molar-refractivity contribution in [2.75, 3.05) is 89.8 Å². The Balaban J connectivity index is 0.000000230. The summed E-state index contributed by atoms with van der Waals surface area (Å²) < 4.78 is 11.0. The molecule has 0 aromatic heterocycles. The lowest BCUT2D eigenvalue weighted by molar-refractivity contribution is -0.168. The number of para-hydroxylation sites is 6. The molecule has 4 aliphatic heterocycles.